The molecule has 1 aromatic carbocycles. The Balaban J connectivity index is 2.42. The smallest absolute Gasteiger partial charge is 0.141 e. The van der Waals surface area contributed by atoms with Crippen molar-refractivity contribution in [3.8, 4) is 5.75 Å². The minimum Gasteiger partial charge on any atom is -0.496 e. The van der Waals surface area contributed by atoms with Crippen LogP contribution >= 0.6 is 0 Å². The maximum Gasteiger partial charge on any atom is 0.141 e. The molecule has 1 N–H and O–H groups in total. The second-order valence-electron chi connectivity index (χ2n) is 4.13. The summed E-state index contributed by atoms with van der Waals surface area (Å²) in [6.07, 6.45) is 1.23. The van der Waals surface area contributed by atoms with E-state index in [0.717, 1.165) is 23.6 Å². The molecule has 0 saturated heterocycles. The van der Waals surface area contributed by atoms with E-state index in [9.17, 15) is 4.39 Å². The molecule has 4 heteroatoms. The zero-order valence-corrected chi connectivity index (χ0v) is 11.1. The molecule has 0 aliphatic carbocycles. The number of nitrogens with zero attached hydrogens (tertiary/aromatic N) is 1. The zero-order chi connectivity index (χ0) is 13.7. The van der Waals surface area contributed by atoms with Gasteiger partial charge in [0.25, 0.3) is 0 Å². The highest BCUT2D eigenvalue weighted by Gasteiger charge is 2.18. The Morgan fingerprint density at radius 1 is 1.26 bits per heavy atom. The number of nitrogens with one attached hydrogen (secondary N) is 1. The molecule has 1 atom stereocenters. The summed E-state index contributed by atoms with van der Waals surface area (Å²) in [5, 5.41) is 3.34. The number of hydrogen-bond donors (Lipinski definition) is 1. The summed E-state index contributed by atoms with van der Waals surface area (Å²) in [5.41, 5.74) is 1.76. The van der Waals surface area contributed by atoms with E-state index < -0.39 is 0 Å². The second kappa shape index (κ2) is 6.29. The standard InChI is InChI=1S/C15H17FN2O/c1-3-17-15(13-9-8-11(16)10-18-13)12-6-4-5-7-14(12)19-2/h4-10,15,17H,3H2,1-2H3. The van der Waals surface area contributed by atoms with Crippen LogP contribution in [0.15, 0.2) is 42.6 Å². The Kier molecular flexibility index (Phi) is 4.47. The number of aromatic nitrogens is 1. The molecule has 0 spiro atoms. The Morgan fingerprint density at radius 2 is 2.05 bits per heavy atom. The van der Waals surface area contributed by atoms with E-state index in [1.165, 1.54) is 12.3 Å². The molecule has 0 radical (unpaired) electrons. The predicted molar refractivity (Wildman–Crippen MR) is 72.7 cm³/mol. The monoisotopic (exact) mass is 260 g/mol. The van der Waals surface area contributed by atoms with Gasteiger partial charge in [-0.1, -0.05) is 25.1 Å². The third-order valence-electron chi connectivity index (χ3n) is 2.90. The molecule has 2 aromatic rings. The zero-order valence-electron chi connectivity index (χ0n) is 11.1. The number of rotatable bonds is 5. The molecule has 0 aliphatic heterocycles. The van der Waals surface area contributed by atoms with Crippen LogP contribution in [0.4, 0.5) is 4.39 Å². The van der Waals surface area contributed by atoms with E-state index in [1.54, 1.807) is 13.2 Å². The molecule has 1 heterocycles. The highest BCUT2D eigenvalue weighted by Crippen LogP contribution is 2.28. The first-order valence-corrected chi connectivity index (χ1v) is 6.24. The fraction of sp³-hybridized carbons (Fsp3) is 0.267. The molecule has 100 valence electrons. The van der Waals surface area contributed by atoms with Gasteiger partial charge in [-0.15, -0.1) is 0 Å². The first kappa shape index (κ1) is 13.5. The van der Waals surface area contributed by atoms with Crippen LogP contribution in [0.25, 0.3) is 0 Å². The third kappa shape index (κ3) is 3.09. The van der Waals surface area contributed by atoms with Gasteiger partial charge in [0.15, 0.2) is 0 Å². The van der Waals surface area contributed by atoms with Gasteiger partial charge in [-0.3, -0.25) is 4.98 Å². The summed E-state index contributed by atoms with van der Waals surface area (Å²) >= 11 is 0. The summed E-state index contributed by atoms with van der Waals surface area (Å²) < 4.78 is 18.4. The Morgan fingerprint density at radius 3 is 2.68 bits per heavy atom. The number of para-hydroxylation sites is 1. The molecule has 19 heavy (non-hydrogen) atoms. The average molecular weight is 260 g/mol. The quantitative estimate of drug-likeness (QED) is 0.897. The summed E-state index contributed by atoms with van der Waals surface area (Å²) in [5.74, 6) is 0.457. The van der Waals surface area contributed by atoms with Gasteiger partial charge in [0, 0.05) is 5.56 Å². The van der Waals surface area contributed by atoms with Crippen LogP contribution in [-0.2, 0) is 0 Å². The lowest BCUT2D eigenvalue weighted by molar-refractivity contribution is 0.403. The fourth-order valence-electron chi connectivity index (χ4n) is 2.04. The van der Waals surface area contributed by atoms with Crippen LogP contribution < -0.4 is 10.1 Å². The van der Waals surface area contributed by atoms with E-state index in [0.29, 0.717) is 0 Å². The third-order valence-corrected chi connectivity index (χ3v) is 2.90. The summed E-state index contributed by atoms with van der Waals surface area (Å²) in [4.78, 5) is 4.16. The van der Waals surface area contributed by atoms with Gasteiger partial charge in [0.05, 0.1) is 25.0 Å². The lowest BCUT2D eigenvalue weighted by Crippen LogP contribution is -2.23. The topological polar surface area (TPSA) is 34.2 Å². The van der Waals surface area contributed by atoms with Gasteiger partial charge >= 0.3 is 0 Å². The van der Waals surface area contributed by atoms with Gasteiger partial charge in [0.2, 0.25) is 0 Å². The van der Waals surface area contributed by atoms with Gasteiger partial charge in [-0.25, -0.2) is 4.39 Å². The molecule has 0 amide bonds. The Labute approximate surface area is 112 Å². The normalized spacial score (nSPS) is 12.2. The largest absolute Gasteiger partial charge is 0.496 e. The number of halogens is 1. The van der Waals surface area contributed by atoms with Crippen molar-refractivity contribution in [1.29, 1.82) is 0 Å². The van der Waals surface area contributed by atoms with Crippen molar-refractivity contribution < 1.29 is 9.13 Å². The maximum absolute atomic E-state index is 13.0. The average Bonchev–Trinajstić information content (AvgIpc) is 2.46. The van der Waals surface area contributed by atoms with Crippen LogP contribution in [0, 0.1) is 5.82 Å². The molecule has 0 bridgehead atoms. The van der Waals surface area contributed by atoms with Gasteiger partial charge in [-0.05, 0) is 24.7 Å². The van der Waals surface area contributed by atoms with Crippen molar-refractivity contribution in [1.82, 2.24) is 10.3 Å². The van der Waals surface area contributed by atoms with Crippen molar-refractivity contribution in [2.75, 3.05) is 13.7 Å². The first-order valence-electron chi connectivity index (χ1n) is 6.24. The first-order chi connectivity index (χ1) is 9.26. The Bertz CT molecular complexity index is 528. The fourth-order valence-corrected chi connectivity index (χ4v) is 2.04. The van der Waals surface area contributed by atoms with Crippen LogP contribution in [0.2, 0.25) is 0 Å². The van der Waals surface area contributed by atoms with Crippen molar-refractivity contribution in [3.63, 3.8) is 0 Å². The van der Waals surface area contributed by atoms with Crippen molar-refractivity contribution in [2.45, 2.75) is 13.0 Å². The molecule has 3 nitrogen and oxygen atoms in total. The predicted octanol–water partition coefficient (Wildman–Crippen LogP) is 2.93. The van der Waals surface area contributed by atoms with E-state index in [1.807, 2.05) is 31.2 Å². The lowest BCUT2D eigenvalue weighted by atomic mass is 10.0. The number of ether oxygens (including phenoxy) is 1. The minimum atomic E-state index is -0.334. The number of benzene rings is 1. The van der Waals surface area contributed by atoms with Crippen molar-refractivity contribution >= 4 is 0 Å². The summed E-state index contributed by atoms with van der Waals surface area (Å²) in [6.45, 7) is 2.80. The van der Waals surface area contributed by atoms with E-state index in [4.69, 9.17) is 4.74 Å². The number of hydrogen-bond acceptors (Lipinski definition) is 3. The van der Waals surface area contributed by atoms with Crippen LogP contribution in [-0.4, -0.2) is 18.6 Å². The SMILES string of the molecule is CCNC(c1ccc(F)cn1)c1ccccc1OC. The van der Waals surface area contributed by atoms with E-state index >= 15 is 0 Å². The molecule has 1 unspecified atom stereocenters. The molecule has 2 rings (SSSR count). The molecule has 0 fully saturated rings. The molecule has 0 saturated carbocycles. The van der Waals surface area contributed by atoms with Gasteiger partial charge in [-0.2, -0.15) is 0 Å². The molecular formula is C15H17FN2O. The summed E-state index contributed by atoms with van der Waals surface area (Å²) in [7, 11) is 1.64. The summed E-state index contributed by atoms with van der Waals surface area (Å²) in [6, 6.07) is 10.8. The van der Waals surface area contributed by atoms with E-state index in [2.05, 4.69) is 10.3 Å². The van der Waals surface area contributed by atoms with Crippen LogP contribution in [0.5, 0.6) is 5.75 Å². The number of pyridine rings is 1. The number of methoxy groups -OCH3 is 1. The second-order valence-corrected chi connectivity index (χ2v) is 4.13. The van der Waals surface area contributed by atoms with E-state index in [-0.39, 0.29) is 11.9 Å². The van der Waals surface area contributed by atoms with Crippen molar-refractivity contribution in [2.24, 2.45) is 0 Å². The van der Waals surface area contributed by atoms with Crippen LogP contribution in [0.3, 0.4) is 0 Å². The maximum atomic E-state index is 13.0. The van der Waals surface area contributed by atoms with Crippen LogP contribution in [0.1, 0.15) is 24.2 Å². The highest BCUT2D eigenvalue weighted by atomic mass is 19.1. The Hall–Kier alpha value is -1.94. The minimum absolute atomic E-state index is 0.109. The molecular weight excluding hydrogens is 243 g/mol. The van der Waals surface area contributed by atoms with Gasteiger partial charge in [0.1, 0.15) is 11.6 Å². The lowest BCUT2D eigenvalue weighted by Gasteiger charge is -2.20. The molecule has 1 aromatic heterocycles. The molecule has 0 aliphatic rings. The van der Waals surface area contributed by atoms with Gasteiger partial charge < -0.3 is 10.1 Å². The highest BCUT2D eigenvalue weighted by molar-refractivity contribution is 5.39. The van der Waals surface area contributed by atoms with Crippen molar-refractivity contribution in [3.05, 3.63) is 59.7 Å².